The predicted molar refractivity (Wildman–Crippen MR) is 84.1 cm³/mol. The molecule has 2 heterocycles. The Morgan fingerprint density at radius 3 is 2.52 bits per heavy atom. The zero-order valence-corrected chi connectivity index (χ0v) is 13.3. The summed E-state index contributed by atoms with van der Waals surface area (Å²) in [5, 5.41) is 3.63. The molecule has 1 aromatic carbocycles. The Balaban J connectivity index is 1.72. The molecule has 2 atom stereocenters. The molecule has 0 aliphatic carbocycles. The van der Waals surface area contributed by atoms with Crippen LogP contribution in [0.3, 0.4) is 0 Å². The van der Waals surface area contributed by atoms with Crippen LogP contribution in [-0.2, 0) is 13.0 Å². The number of nitrogens with one attached hydrogen (secondary N) is 1. The van der Waals surface area contributed by atoms with E-state index >= 15 is 0 Å². The van der Waals surface area contributed by atoms with Crippen molar-refractivity contribution < 1.29 is 9.47 Å². The molecule has 0 spiro atoms. The average molecular weight is 290 g/mol. The lowest BCUT2D eigenvalue weighted by Crippen LogP contribution is -2.42. The third kappa shape index (κ3) is 3.01. The summed E-state index contributed by atoms with van der Waals surface area (Å²) >= 11 is 0. The summed E-state index contributed by atoms with van der Waals surface area (Å²) in [6.45, 7) is 6.82. The maximum absolute atomic E-state index is 5.43. The van der Waals surface area contributed by atoms with Crippen LogP contribution in [0.25, 0.3) is 0 Å². The van der Waals surface area contributed by atoms with Crippen molar-refractivity contribution in [2.75, 3.05) is 33.9 Å². The molecule has 1 saturated heterocycles. The van der Waals surface area contributed by atoms with Crippen LogP contribution in [0.5, 0.6) is 11.5 Å². The highest BCUT2D eigenvalue weighted by Gasteiger charge is 2.27. The molecule has 0 saturated carbocycles. The minimum Gasteiger partial charge on any atom is -0.493 e. The van der Waals surface area contributed by atoms with E-state index in [4.69, 9.17) is 9.47 Å². The van der Waals surface area contributed by atoms with Gasteiger partial charge in [-0.05, 0) is 48.6 Å². The van der Waals surface area contributed by atoms with Crippen LogP contribution in [0.15, 0.2) is 12.1 Å². The first-order valence-electron chi connectivity index (χ1n) is 7.90. The molecular weight excluding hydrogens is 264 g/mol. The van der Waals surface area contributed by atoms with Crippen molar-refractivity contribution in [1.29, 1.82) is 0 Å². The Morgan fingerprint density at radius 1 is 1.19 bits per heavy atom. The molecule has 4 heteroatoms. The van der Waals surface area contributed by atoms with Gasteiger partial charge in [0.2, 0.25) is 0 Å². The Hall–Kier alpha value is -1.26. The maximum Gasteiger partial charge on any atom is 0.161 e. The molecule has 2 aliphatic heterocycles. The SMILES string of the molecule is COc1cc2c(cc1OC)CN(CC1NCCC1C)CC2. The van der Waals surface area contributed by atoms with Crippen molar-refractivity contribution in [3.8, 4) is 11.5 Å². The molecule has 1 N–H and O–H groups in total. The standard InChI is InChI=1S/C17H26N2O2/c1-12-4-6-18-15(12)11-19-7-5-13-8-16(20-2)17(21-3)9-14(13)10-19/h8-9,12,15,18H,4-7,10-11H2,1-3H3. The third-order valence-electron chi connectivity index (χ3n) is 4.95. The Bertz CT molecular complexity index is 504. The fraction of sp³-hybridized carbons (Fsp3) is 0.647. The number of rotatable bonds is 4. The van der Waals surface area contributed by atoms with E-state index in [0.717, 1.165) is 43.5 Å². The summed E-state index contributed by atoms with van der Waals surface area (Å²) < 4.78 is 10.8. The number of hydrogen-bond acceptors (Lipinski definition) is 4. The topological polar surface area (TPSA) is 33.7 Å². The smallest absolute Gasteiger partial charge is 0.161 e. The molecule has 1 fully saturated rings. The molecule has 2 aliphatic rings. The Morgan fingerprint density at radius 2 is 1.90 bits per heavy atom. The zero-order valence-electron chi connectivity index (χ0n) is 13.3. The quantitative estimate of drug-likeness (QED) is 0.920. The normalized spacial score (nSPS) is 25.7. The van der Waals surface area contributed by atoms with Crippen LogP contribution < -0.4 is 14.8 Å². The number of fused-ring (bicyclic) bond motifs is 1. The second kappa shape index (κ2) is 6.24. The largest absolute Gasteiger partial charge is 0.493 e. The molecule has 2 unspecified atom stereocenters. The number of nitrogens with zero attached hydrogens (tertiary/aromatic N) is 1. The Labute approximate surface area is 127 Å². The molecule has 0 amide bonds. The van der Waals surface area contributed by atoms with Crippen molar-refractivity contribution in [3.05, 3.63) is 23.3 Å². The van der Waals surface area contributed by atoms with Crippen molar-refractivity contribution >= 4 is 0 Å². The number of ether oxygens (including phenoxy) is 2. The maximum atomic E-state index is 5.43. The van der Waals surface area contributed by atoms with Gasteiger partial charge >= 0.3 is 0 Å². The van der Waals surface area contributed by atoms with Gasteiger partial charge in [0.05, 0.1) is 14.2 Å². The second-order valence-corrected chi connectivity index (χ2v) is 6.29. The summed E-state index contributed by atoms with van der Waals surface area (Å²) in [4.78, 5) is 2.56. The van der Waals surface area contributed by atoms with Crippen molar-refractivity contribution in [2.24, 2.45) is 5.92 Å². The molecule has 21 heavy (non-hydrogen) atoms. The van der Waals surface area contributed by atoms with E-state index in [-0.39, 0.29) is 0 Å². The Kier molecular flexibility index (Phi) is 4.36. The van der Waals surface area contributed by atoms with Gasteiger partial charge in [0, 0.05) is 25.7 Å². The molecule has 0 radical (unpaired) electrons. The number of benzene rings is 1. The zero-order chi connectivity index (χ0) is 14.8. The van der Waals surface area contributed by atoms with E-state index < -0.39 is 0 Å². The van der Waals surface area contributed by atoms with E-state index in [1.54, 1.807) is 14.2 Å². The van der Waals surface area contributed by atoms with Crippen molar-refractivity contribution in [3.63, 3.8) is 0 Å². The highest BCUT2D eigenvalue weighted by atomic mass is 16.5. The molecule has 0 bridgehead atoms. The van der Waals surface area contributed by atoms with Crippen molar-refractivity contribution in [1.82, 2.24) is 10.2 Å². The van der Waals surface area contributed by atoms with Crippen LogP contribution in [-0.4, -0.2) is 44.8 Å². The van der Waals surface area contributed by atoms with Gasteiger partial charge in [0.1, 0.15) is 0 Å². The van der Waals surface area contributed by atoms with Gasteiger partial charge in [-0.15, -0.1) is 0 Å². The molecular formula is C17H26N2O2. The molecule has 1 aromatic rings. The first-order valence-corrected chi connectivity index (χ1v) is 7.90. The van der Waals surface area contributed by atoms with Gasteiger partial charge in [0.25, 0.3) is 0 Å². The third-order valence-corrected chi connectivity index (χ3v) is 4.95. The van der Waals surface area contributed by atoms with Gasteiger partial charge in [-0.1, -0.05) is 6.92 Å². The van der Waals surface area contributed by atoms with Gasteiger partial charge in [-0.25, -0.2) is 0 Å². The van der Waals surface area contributed by atoms with E-state index in [1.165, 1.54) is 24.1 Å². The van der Waals surface area contributed by atoms with Crippen LogP contribution in [0.4, 0.5) is 0 Å². The second-order valence-electron chi connectivity index (χ2n) is 6.29. The minimum absolute atomic E-state index is 0.645. The number of methoxy groups -OCH3 is 2. The van der Waals surface area contributed by atoms with E-state index in [0.29, 0.717) is 6.04 Å². The highest BCUT2D eigenvalue weighted by molar-refractivity contribution is 5.48. The van der Waals surface area contributed by atoms with E-state index in [9.17, 15) is 0 Å². The van der Waals surface area contributed by atoms with Crippen LogP contribution >= 0.6 is 0 Å². The van der Waals surface area contributed by atoms with Gasteiger partial charge in [0.15, 0.2) is 11.5 Å². The molecule has 116 valence electrons. The monoisotopic (exact) mass is 290 g/mol. The minimum atomic E-state index is 0.645. The summed E-state index contributed by atoms with van der Waals surface area (Å²) in [5.41, 5.74) is 2.78. The van der Waals surface area contributed by atoms with Gasteiger partial charge in [-0.2, -0.15) is 0 Å². The lowest BCUT2D eigenvalue weighted by Gasteiger charge is -2.32. The lowest BCUT2D eigenvalue weighted by atomic mass is 9.97. The summed E-state index contributed by atoms with van der Waals surface area (Å²) in [6.07, 6.45) is 2.40. The average Bonchev–Trinajstić information content (AvgIpc) is 2.91. The fourth-order valence-electron chi connectivity index (χ4n) is 3.52. The van der Waals surface area contributed by atoms with E-state index in [2.05, 4.69) is 29.3 Å². The van der Waals surface area contributed by atoms with Gasteiger partial charge in [-0.3, -0.25) is 4.90 Å². The first-order chi connectivity index (χ1) is 10.2. The molecule has 3 rings (SSSR count). The van der Waals surface area contributed by atoms with E-state index in [1.807, 2.05) is 0 Å². The summed E-state index contributed by atoms with van der Waals surface area (Å²) in [7, 11) is 3.40. The summed E-state index contributed by atoms with van der Waals surface area (Å²) in [5.74, 6) is 2.47. The molecule has 0 aromatic heterocycles. The van der Waals surface area contributed by atoms with Crippen LogP contribution in [0, 0.1) is 5.92 Å². The highest BCUT2D eigenvalue weighted by Crippen LogP contribution is 2.33. The van der Waals surface area contributed by atoms with Crippen LogP contribution in [0.1, 0.15) is 24.5 Å². The number of hydrogen-bond donors (Lipinski definition) is 1. The fourth-order valence-corrected chi connectivity index (χ4v) is 3.52. The summed E-state index contributed by atoms with van der Waals surface area (Å²) in [6, 6.07) is 4.93. The van der Waals surface area contributed by atoms with Crippen molar-refractivity contribution in [2.45, 2.75) is 32.4 Å². The van der Waals surface area contributed by atoms with Gasteiger partial charge < -0.3 is 14.8 Å². The first kappa shape index (κ1) is 14.7. The van der Waals surface area contributed by atoms with Crippen LogP contribution in [0.2, 0.25) is 0 Å². The lowest BCUT2D eigenvalue weighted by molar-refractivity contribution is 0.216. The molecule has 4 nitrogen and oxygen atoms in total. The predicted octanol–water partition coefficient (Wildman–Crippen LogP) is 2.06.